The van der Waals surface area contributed by atoms with Crippen molar-refractivity contribution in [3.8, 4) is 0 Å². The van der Waals surface area contributed by atoms with Crippen LogP contribution in [0, 0.1) is 0 Å². The highest BCUT2D eigenvalue weighted by molar-refractivity contribution is 6.31. The molecule has 0 saturated carbocycles. The predicted octanol–water partition coefficient (Wildman–Crippen LogP) is 4.81. The molecule has 15 heavy (non-hydrogen) atoms. The second-order valence-corrected chi connectivity index (χ2v) is 4.55. The van der Waals surface area contributed by atoms with Crippen molar-refractivity contribution in [3.63, 3.8) is 0 Å². The molecule has 0 N–H and O–H groups in total. The molecule has 1 nitrogen and oxygen atoms in total. The van der Waals surface area contributed by atoms with Gasteiger partial charge in [0.05, 0.1) is 0 Å². The van der Waals surface area contributed by atoms with Crippen LogP contribution in [-0.4, -0.2) is 4.98 Å². The Morgan fingerprint density at radius 2 is 2.13 bits per heavy atom. The van der Waals surface area contributed by atoms with E-state index in [4.69, 9.17) is 11.6 Å². The van der Waals surface area contributed by atoms with Gasteiger partial charge in [0, 0.05) is 17.4 Å². The fourth-order valence-electron chi connectivity index (χ4n) is 1.79. The van der Waals surface area contributed by atoms with Crippen LogP contribution >= 0.6 is 11.6 Å². The second-order valence-electron chi connectivity index (χ2n) is 4.15. The van der Waals surface area contributed by atoms with E-state index in [-0.39, 0.29) is 0 Å². The highest BCUT2D eigenvalue weighted by atomic mass is 35.5. The van der Waals surface area contributed by atoms with Crippen molar-refractivity contribution < 1.29 is 0 Å². The van der Waals surface area contributed by atoms with Crippen LogP contribution in [0.2, 0.25) is 5.02 Å². The summed E-state index contributed by atoms with van der Waals surface area (Å²) in [5.41, 5.74) is 1.19. The number of nitrogens with zero attached hydrogens (tertiary/aromatic N) is 1. The van der Waals surface area contributed by atoms with Crippen molar-refractivity contribution in [1.29, 1.82) is 0 Å². The lowest BCUT2D eigenvalue weighted by atomic mass is 9.96. The predicted molar refractivity (Wildman–Crippen MR) is 66.4 cm³/mol. The molecule has 1 unspecified atom stereocenters. The molecule has 84 valence electrons. The van der Waals surface area contributed by atoms with Crippen molar-refractivity contribution in [2.75, 3.05) is 0 Å². The molecule has 0 radical (unpaired) electrons. The Labute approximate surface area is 97.9 Å². The number of unbranched alkanes of at least 4 members (excludes halogenated alkanes) is 3. The zero-order valence-electron chi connectivity index (χ0n) is 9.67. The number of aromatic nitrogens is 1. The van der Waals surface area contributed by atoms with Crippen molar-refractivity contribution >= 4 is 11.6 Å². The van der Waals surface area contributed by atoms with Crippen LogP contribution in [0.4, 0.5) is 0 Å². The topological polar surface area (TPSA) is 12.9 Å². The molecule has 1 atom stereocenters. The van der Waals surface area contributed by atoms with Gasteiger partial charge in [-0.1, -0.05) is 51.1 Å². The van der Waals surface area contributed by atoms with E-state index in [9.17, 15) is 0 Å². The van der Waals surface area contributed by atoms with Crippen molar-refractivity contribution in [3.05, 3.63) is 29.0 Å². The molecule has 1 aromatic heterocycles. The van der Waals surface area contributed by atoms with Crippen LogP contribution in [0.1, 0.15) is 57.4 Å². The Morgan fingerprint density at radius 1 is 1.33 bits per heavy atom. The van der Waals surface area contributed by atoms with E-state index in [0.29, 0.717) is 5.92 Å². The van der Waals surface area contributed by atoms with Crippen molar-refractivity contribution in [2.24, 2.45) is 0 Å². The van der Waals surface area contributed by atoms with Crippen LogP contribution in [0.25, 0.3) is 0 Å². The molecule has 1 aromatic rings. The van der Waals surface area contributed by atoms with E-state index >= 15 is 0 Å². The Hall–Kier alpha value is -0.560. The fraction of sp³-hybridized carbons (Fsp3) is 0.615. The summed E-state index contributed by atoms with van der Waals surface area (Å²) in [4.78, 5) is 4.13. The van der Waals surface area contributed by atoms with Gasteiger partial charge in [0.15, 0.2) is 0 Å². The number of rotatable bonds is 6. The van der Waals surface area contributed by atoms with E-state index < -0.39 is 0 Å². The van der Waals surface area contributed by atoms with E-state index in [1.807, 2.05) is 12.3 Å². The first-order chi connectivity index (χ1) is 7.25. The highest BCUT2D eigenvalue weighted by Gasteiger charge is 2.08. The molecular weight excluding hydrogens is 206 g/mol. The van der Waals surface area contributed by atoms with Gasteiger partial charge in [0.25, 0.3) is 0 Å². The maximum absolute atomic E-state index is 6.12. The largest absolute Gasteiger partial charge is 0.264 e. The Morgan fingerprint density at radius 3 is 2.80 bits per heavy atom. The maximum Gasteiger partial charge on any atom is 0.0471 e. The van der Waals surface area contributed by atoms with Gasteiger partial charge < -0.3 is 0 Å². The quantitative estimate of drug-likeness (QED) is 0.634. The molecule has 0 aliphatic rings. The van der Waals surface area contributed by atoms with Crippen LogP contribution in [0.3, 0.4) is 0 Å². The van der Waals surface area contributed by atoms with Gasteiger partial charge in [-0.2, -0.15) is 0 Å². The van der Waals surface area contributed by atoms with Crippen LogP contribution < -0.4 is 0 Å². The number of hydrogen-bond acceptors (Lipinski definition) is 1. The van der Waals surface area contributed by atoms with Gasteiger partial charge in [-0.15, -0.1) is 0 Å². The lowest BCUT2D eigenvalue weighted by Crippen LogP contribution is -1.95. The molecule has 0 aromatic carbocycles. The summed E-state index contributed by atoms with van der Waals surface area (Å²) in [7, 11) is 0. The first-order valence-corrected chi connectivity index (χ1v) is 6.23. The minimum Gasteiger partial charge on any atom is -0.264 e. The SMILES string of the molecule is CCCCCCC(C)c1cnccc1Cl. The Bertz CT molecular complexity index is 286. The molecule has 2 heteroatoms. The maximum atomic E-state index is 6.12. The smallest absolute Gasteiger partial charge is 0.0471 e. The average molecular weight is 226 g/mol. The summed E-state index contributed by atoms with van der Waals surface area (Å²) in [6.07, 6.45) is 10.1. The molecule has 0 bridgehead atoms. The normalized spacial score (nSPS) is 12.7. The highest BCUT2D eigenvalue weighted by Crippen LogP contribution is 2.27. The van der Waals surface area contributed by atoms with E-state index in [1.54, 1.807) is 6.20 Å². The molecule has 0 aliphatic heterocycles. The summed E-state index contributed by atoms with van der Waals surface area (Å²) in [5, 5.41) is 0.855. The molecule has 0 spiro atoms. The summed E-state index contributed by atoms with van der Waals surface area (Å²) in [6.45, 7) is 4.47. The number of hydrogen-bond donors (Lipinski definition) is 0. The zero-order valence-corrected chi connectivity index (χ0v) is 10.4. The molecule has 0 aliphatic carbocycles. The van der Waals surface area contributed by atoms with E-state index in [0.717, 1.165) is 5.02 Å². The van der Waals surface area contributed by atoms with Crippen molar-refractivity contribution in [2.45, 2.75) is 51.9 Å². The Kier molecular flexibility index (Phi) is 5.70. The van der Waals surface area contributed by atoms with Gasteiger partial charge in [-0.05, 0) is 24.0 Å². The standard InChI is InChI=1S/C13H20ClN/c1-3-4-5-6-7-11(2)12-10-15-9-8-13(12)14/h8-11H,3-7H2,1-2H3. The van der Waals surface area contributed by atoms with Crippen LogP contribution in [0.15, 0.2) is 18.5 Å². The Balaban J connectivity index is 2.40. The summed E-state index contributed by atoms with van der Waals surface area (Å²) in [6, 6.07) is 1.87. The second kappa shape index (κ2) is 6.84. The lowest BCUT2D eigenvalue weighted by Gasteiger charge is -2.12. The number of halogens is 1. The molecular formula is C13H20ClN. The molecule has 0 fully saturated rings. The summed E-state index contributed by atoms with van der Waals surface area (Å²) >= 11 is 6.12. The van der Waals surface area contributed by atoms with Gasteiger partial charge >= 0.3 is 0 Å². The van der Waals surface area contributed by atoms with E-state index in [1.165, 1.54) is 37.7 Å². The molecule has 1 rings (SSSR count). The molecule has 1 heterocycles. The summed E-state index contributed by atoms with van der Waals surface area (Å²) in [5.74, 6) is 0.531. The lowest BCUT2D eigenvalue weighted by molar-refractivity contribution is 0.579. The third kappa shape index (κ3) is 4.21. The van der Waals surface area contributed by atoms with Gasteiger partial charge in [-0.25, -0.2) is 0 Å². The first-order valence-electron chi connectivity index (χ1n) is 5.85. The van der Waals surface area contributed by atoms with Gasteiger partial charge in [-0.3, -0.25) is 4.98 Å². The van der Waals surface area contributed by atoms with Gasteiger partial charge in [0.2, 0.25) is 0 Å². The summed E-state index contributed by atoms with van der Waals surface area (Å²) < 4.78 is 0. The number of pyridine rings is 1. The van der Waals surface area contributed by atoms with Crippen LogP contribution in [-0.2, 0) is 0 Å². The molecule has 0 saturated heterocycles. The van der Waals surface area contributed by atoms with Gasteiger partial charge in [0.1, 0.15) is 0 Å². The fourth-order valence-corrected chi connectivity index (χ4v) is 2.08. The van der Waals surface area contributed by atoms with E-state index in [2.05, 4.69) is 18.8 Å². The minimum atomic E-state index is 0.531. The first kappa shape index (κ1) is 12.5. The minimum absolute atomic E-state index is 0.531. The van der Waals surface area contributed by atoms with Crippen molar-refractivity contribution in [1.82, 2.24) is 4.98 Å². The third-order valence-corrected chi connectivity index (χ3v) is 3.16. The van der Waals surface area contributed by atoms with Crippen LogP contribution in [0.5, 0.6) is 0 Å². The zero-order chi connectivity index (χ0) is 11.1. The monoisotopic (exact) mass is 225 g/mol. The third-order valence-electron chi connectivity index (χ3n) is 2.82. The molecule has 0 amide bonds. The average Bonchev–Trinajstić information content (AvgIpc) is 2.25.